The Labute approximate surface area is 240 Å². The van der Waals surface area contributed by atoms with Gasteiger partial charge in [0, 0.05) is 47.9 Å². The molecule has 0 amide bonds. The number of aromatic carboxylic acids is 1. The van der Waals surface area contributed by atoms with Crippen LogP contribution in [0.1, 0.15) is 59.7 Å². The highest BCUT2D eigenvalue weighted by Crippen LogP contribution is 2.56. The first-order valence-electron chi connectivity index (χ1n) is 13.3. The van der Waals surface area contributed by atoms with Gasteiger partial charge in [-0.3, -0.25) is 4.98 Å². The van der Waals surface area contributed by atoms with Crippen LogP contribution in [0.5, 0.6) is 5.75 Å². The van der Waals surface area contributed by atoms with Gasteiger partial charge in [-0.05, 0) is 67.4 Å². The number of hydrogen-bond donors (Lipinski definition) is 1. The molecule has 1 spiro atoms. The van der Waals surface area contributed by atoms with Gasteiger partial charge in [0.05, 0.1) is 22.7 Å². The van der Waals surface area contributed by atoms with E-state index in [4.69, 9.17) is 37.4 Å². The molecule has 40 heavy (non-hydrogen) atoms. The minimum absolute atomic E-state index is 0.109. The van der Waals surface area contributed by atoms with Gasteiger partial charge in [-0.1, -0.05) is 34.4 Å². The molecule has 1 aromatic carbocycles. The summed E-state index contributed by atoms with van der Waals surface area (Å²) in [6.45, 7) is 1.69. The lowest BCUT2D eigenvalue weighted by Crippen LogP contribution is -2.42. The van der Waals surface area contributed by atoms with E-state index < -0.39 is 5.97 Å². The second-order valence-corrected chi connectivity index (χ2v) is 11.7. The molecule has 1 saturated heterocycles. The first-order valence-corrected chi connectivity index (χ1v) is 14.1. The molecule has 0 unspecified atom stereocenters. The average Bonchev–Trinajstić information content (AvgIpc) is 3.70. The van der Waals surface area contributed by atoms with Crippen LogP contribution in [-0.4, -0.2) is 46.4 Å². The number of halogens is 2. The molecule has 8 nitrogen and oxygen atoms in total. The number of nitrogens with zero attached hydrogens (tertiary/aromatic N) is 4. The highest BCUT2D eigenvalue weighted by atomic mass is 35.5. The normalized spacial score (nSPS) is 18.1. The largest absolute Gasteiger partial charge is 0.494 e. The topological polar surface area (TPSA) is 102 Å². The summed E-state index contributed by atoms with van der Waals surface area (Å²) < 4.78 is 11.4. The van der Waals surface area contributed by atoms with Gasteiger partial charge in [0.2, 0.25) is 0 Å². The van der Waals surface area contributed by atoms with Crippen LogP contribution in [0.4, 0.5) is 5.82 Å². The molecule has 4 aromatic rings. The number of fused-ring (bicyclic) bond motifs is 1. The molecule has 1 N–H and O–H groups in total. The highest BCUT2D eigenvalue weighted by molar-refractivity contribution is 6.39. The summed E-state index contributed by atoms with van der Waals surface area (Å²) in [5.74, 6) is 1.74. The van der Waals surface area contributed by atoms with Gasteiger partial charge in [0.15, 0.2) is 0 Å². The minimum Gasteiger partial charge on any atom is -0.494 e. The van der Waals surface area contributed by atoms with E-state index in [-0.39, 0.29) is 11.0 Å². The second-order valence-electron chi connectivity index (χ2n) is 10.9. The number of piperidine rings is 1. The molecule has 4 heterocycles. The predicted octanol–water partition coefficient (Wildman–Crippen LogP) is 7.25. The quantitative estimate of drug-likeness (QED) is 0.256. The Morgan fingerprint density at radius 2 is 1.82 bits per heavy atom. The third-order valence-corrected chi connectivity index (χ3v) is 9.01. The number of aromatic nitrogens is 3. The Balaban J connectivity index is 1.15. The Morgan fingerprint density at radius 3 is 2.48 bits per heavy atom. The van der Waals surface area contributed by atoms with Crippen LogP contribution in [-0.2, 0) is 0 Å². The van der Waals surface area contributed by atoms with Crippen LogP contribution in [0, 0.1) is 5.41 Å². The van der Waals surface area contributed by atoms with Gasteiger partial charge in [0.25, 0.3) is 0 Å². The molecule has 3 aliphatic rings. The van der Waals surface area contributed by atoms with Crippen molar-refractivity contribution in [2.75, 3.05) is 25.1 Å². The third-order valence-electron chi connectivity index (χ3n) is 8.44. The number of benzene rings is 1. The van der Waals surface area contributed by atoms with Crippen LogP contribution < -0.4 is 9.64 Å². The first kappa shape index (κ1) is 25.4. The Bertz CT molecular complexity index is 1680. The van der Waals surface area contributed by atoms with E-state index in [1.165, 1.54) is 5.57 Å². The number of pyridine rings is 2. The molecule has 0 atom stereocenters. The lowest BCUT2D eigenvalue weighted by atomic mass is 9.63. The summed E-state index contributed by atoms with van der Waals surface area (Å²) in [4.78, 5) is 22.9. The number of carbonyl (C=O) groups is 1. The number of carboxylic acids is 1. The fourth-order valence-electron chi connectivity index (χ4n) is 6.14. The monoisotopic (exact) mass is 576 g/mol. The predicted molar refractivity (Wildman–Crippen MR) is 153 cm³/mol. The number of ether oxygens (including phenoxy) is 1. The van der Waals surface area contributed by atoms with Crippen molar-refractivity contribution in [1.82, 2.24) is 15.1 Å². The zero-order valence-corrected chi connectivity index (χ0v) is 23.3. The average molecular weight is 577 g/mol. The molecular formula is C30H26Cl2N4O4. The zero-order valence-electron chi connectivity index (χ0n) is 21.8. The summed E-state index contributed by atoms with van der Waals surface area (Å²) in [5, 5.41) is 15.5. The maximum atomic E-state index is 11.7. The van der Waals surface area contributed by atoms with Gasteiger partial charge in [-0.25, -0.2) is 9.78 Å². The van der Waals surface area contributed by atoms with Crippen LogP contribution in [0.3, 0.4) is 0 Å². The fraction of sp³-hybridized carbons (Fsp3) is 0.333. The van der Waals surface area contributed by atoms with Crippen molar-refractivity contribution in [3.63, 3.8) is 0 Å². The van der Waals surface area contributed by atoms with E-state index in [0.29, 0.717) is 43.9 Å². The molecule has 1 saturated carbocycles. The molecule has 0 bridgehead atoms. The van der Waals surface area contributed by atoms with E-state index in [9.17, 15) is 9.90 Å². The van der Waals surface area contributed by atoms with E-state index in [1.54, 1.807) is 31.6 Å². The van der Waals surface area contributed by atoms with Gasteiger partial charge in [-0.2, -0.15) is 0 Å². The molecular weight excluding hydrogens is 551 g/mol. The van der Waals surface area contributed by atoms with Crippen LogP contribution in [0.25, 0.3) is 27.7 Å². The number of rotatable bonds is 6. The molecule has 1 aliphatic heterocycles. The van der Waals surface area contributed by atoms with Crippen molar-refractivity contribution >= 4 is 51.5 Å². The summed E-state index contributed by atoms with van der Waals surface area (Å²) in [6.07, 6.45) is 10.7. The second kappa shape index (κ2) is 9.49. The standard InChI is InChI=1S/C30H26Cl2N4O4/c1-39-22-6-4-19(29(37)38)18-5-7-23(34-26(18)22)36-10-8-30(9-11-36)12-17(13-30)24-27(35-40-28(24)16-2-3-16)25-20(31)14-33-15-21(25)32/h4-7,12,14-16H,2-3,8-11,13H2,1H3,(H,37,38). The van der Waals surface area contributed by atoms with Gasteiger partial charge in [-0.15, -0.1) is 0 Å². The minimum atomic E-state index is -0.982. The maximum Gasteiger partial charge on any atom is 0.336 e. The lowest BCUT2D eigenvalue weighted by Gasteiger charge is -2.46. The van der Waals surface area contributed by atoms with Crippen molar-refractivity contribution in [3.8, 4) is 17.0 Å². The van der Waals surface area contributed by atoms with E-state index in [2.05, 4.69) is 21.1 Å². The first-order chi connectivity index (χ1) is 19.4. The number of allylic oxidation sites excluding steroid dienone is 2. The zero-order chi connectivity index (χ0) is 27.6. The van der Waals surface area contributed by atoms with Gasteiger partial charge >= 0.3 is 5.97 Å². The molecule has 3 aromatic heterocycles. The number of anilines is 1. The molecule has 2 fully saturated rings. The molecule has 2 aliphatic carbocycles. The smallest absolute Gasteiger partial charge is 0.336 e. The molecule has 7 rings (SSSR count). The van der Waals surface area contributed by atoms with Crippen molar-refractivity contribution in [2.45, 2.75) is 38.0 Å². The van der Waals surface area contributed by atoms with E-state index >= 15 is 0 Å². The maximum absolute atomic E-state index is 11.7. The lowest BCUT2D eigenvalue weighted by molar-refractivity contribution is 0.0699. The van der Waals surface area contributed by atoms with Gasteiger partial charge < -0.3 is 19.3 Å². The fourth-order valence-corrected chi connectivity index (χ4v) is 6.68. The van der Waals surface area contributed by atoms with Crippen LogP contribution in [0.2, 0.25) is 10.0 Å². The number of carboxylic acid groups (broad SMARTS) is 1. The summed E-state index contributed by atoms with van der Waals surface area (Å²) in [6, 6.07) is 6.96. The van der Waals surface area contributed by atoms with Crippen molar-refractivity contribution in [1.29, 1.82) is 0 Å². The Kier molecular flexibility index (Phi) is 6.02. The van der Waals surface area contributed by atoms with Crippen LogP contribution in [0.15, 0.2) is 47.3 Å². The Hall–Kier alpha value is -3.62. The van der Waals surface area contributed by atoms with Gasteiger partial charge in [0.1, 0.15) is 28.5 Å². The highest BCUT2D eigenvalue weighted by Gasteiger charge is 2.44. The van der Waals surface area contributed by atoms with E-state index in [0.717, 1.165) is 62.3 Å². The molecule has 0 radical (unpaired) electrons. The number of hydrogen-bond acceptors (Lipinski definition) is 7. The van der Waals surface area contributed by atoms with Crippen LogP contribution >= 0.6 is 23.2 Å². The van der Waals surface area contributed by atoms with Crippen molar-refractivity contribution in [2.24, 2.45) is 5.41 Å². The summed E-state index contributed by atoms with van der Waals surface area (Å²) in [5.41, 5.74) is 4.54. The SMILES string of the molecule is COc1ccc(C(=O)O)c2ccc(N3CCC4(C=C(c5c(-c6c(Cl)cncc6Cl)noc5C5CC5)C4)CC3)nc12. The number of methoxy groups -OCH3 is 1. The van der Waals surface area contributed by atoms with Crippen molar-refractivity contribution < 1.29 is 19.2 Å². The molecule has 204 valence electrons. The van der Waals surface area contributed by atoms with E-state index in [1.807, 2.05) is 12.1 Å². The molecule has 10 heteroatoms. The van der Waals surface area contributed by atoms with Crippen molar-refractivity contribution in [3.05, 3.63) is 69.7 Å². The Morgan fingerprint density at radius 1 is 1.10 bits per heavy atom. The summed E-state index contributed by atoms with van der Waals surface area (Å²) >= 11 is 13.0. The summed E-state index contributed by atoms with van der Waals surface area (Å²) in [7, 11) is 1.57. The third kappa shape index (κ3) is 4.12.